The van der Waals surface area contributed by atoms with Crippen molar-refractivity contribution in [3.63, 3.8) is 0 Å². The van der Waals surface area contributed by atoms with Gasteiger partial charge in [0.2, 0.25) is 10.0 Å². The Labute approximate surface area is 127 Å². The van der Waals surface area contributed by atoms with Crippen molar-refractivity contribution in [1.82, 2.24) is 5.32 Å². The predicted octanol–water partition coefficient (Wildman–Crippen LogP) is 1.99. The minimum absolute atomic E-state index is 0.0561. The number of nitrogens with two attached hydrogens (primary N) is 1. The van der Waals surface area contributed by atoms with Gasteiger partial charge in [-0.3, -0.25) is 4.79 Å². The molecule has 118 valence electrons. The maximum atomic E-state index is 12.1. The van der Waals surface area contributed by atoms with Crippen LogP contribution in [0.4, 0.5) is 0 Å². The Bertz CT molecular complexity index is 587. The van der Waals surface area contributed by atoms with E-state index in [9.17, 15) is 13.2 Å². The summed E-state index contributed by atoms with van der Waals surface area (Å²) in [4.78, 5) is 12.1. The highest BCUT2D eigenvalue weighted by Gasteiger charge is 2.19. The first-order chi connectivity index (χ1) is 9.62. The summed E-state index contributed by atoms with van der Waals surface area (Å²) < 4.78 is 22.6. The summed E-state index contributed by atoms with van der Waals surface area (Å²) in [5, 5.41) is 7.93. The van der Waals surface area contributed by atoms with Crippen molar-refractivity contribution in [1.29, 1.82) is 0 Å². The Morgan fingerprint density at radius 1 is 1.19 bits per heavy atom. The molecule has 0 saturated carbocycles. The molecule has 21 heavy (non-hydrogen) atoms. The van der Waals surface area contributed by atoms with Crippen molar-refractivity contribution in [2.24, 2.45) is 22.9 Å². The third-order valence-electron chi connectivity index (χ3n) is 3.64. The van der Waals surface area contributed by atoms with Gasteiger partial charge in [-0.25, -0.2) is 13.6 Å². The molecule has 0 aliphatic heterocycles. The molecule has 1 aromatic rings. The monoisotopic (exact) mass is 312 g/mol. The number of primary sulfonamides is 1. The van der Waals surface area contributed by atoms with Crippen molar-refractivity contribution in [2.45, 2.75) is 32.6 Å². The lowest BCUT2D eigenvalue weighted by Crippen LogP contribution is -2.34. The fourth-order valence-electron chi connectivity index (χ4n) is 2.37. The summed E-state index contributed by atoms with van der Waals surface area (Å²) in [6.45, 7) is 9.06. The summed E-state index contributed by atoms with van der Waals surface area (Å²) in [5.41, 5.74) is 0.299. The maximum Gasteiger partial charge on any atom is 0.251 e. The van der Waals surface area contributed by atoms with Gasteiger partial charge in [0, 0.05) is 12.1 Å². The smallest absolute Gasteiger partial charge is 0.251 e. The molecular formula is C15H24N2O3S. The molecule has 0 bridgehead atoms. The molecule has 0 unspecified atom stereocenters. The number of carbonyl (C=O) groups is 1. The molecule has 0 aliphatic rings. The molecule has 0 radical (unpaired) electrons. The Kier molecular flexibility index (Phi) is 5.92. The number of sulfonamides is 1. The van der Waals surface area contributed by atoms with Crippen LogP contribution >= 0.6 is 0 Å². The molecule has 1 rings (SSSR count). The van der Waals surface area contributed by atoms with Gasteiger partial charge in [-0.15, -0.1) is 0 Å². The average Bonchev–Trinajstić information content (AvgIpc) is 2.37. The quantitative estimate of drug-likeness (QED) is 0.842. The third kappa shape index (κ3) is 5.13. The van der Waals surface area contributed by atoms with Gasteiger partial charge < -0.3 is 5.32 Å². The van der Waals surface area contributed by atoms with E-state index in [1.165, 1.54) is 18.2 Å². The van der Waals surface area contributed by atoms with Crippen molar-refractivity contribution in [2.75, 3.05) is 6.54 Å². The minimum Gasteiger partial charge on any atom is -0.352 e. The molecule has 0 aromatic heterocycles. The largest absolute Gasteiger partial charge is 0.352 e. The molecule has 6 heteroatoms. The Hall–Kier alpha value is -1.40. The summed E-state index contributed by atoms with van der Waals surface area (Å²) in [5.74, 6) is 1.00. The van der Waals surface area contributed by atoms with Gasteiger partial charge in [-0.2, -0.15) is 0 Å². The molecule has 3 N–H and O–H groups in total. The van der Waals surface area contributed by atoms with Gasteiger partial charge in [0.1, 0.15) is 0 Å². The van der Waals surface area contributed by atoms with Gasteiger partial charge in [-0.05, 0) is 36.0 Å². The van der Waals surface area contributed by atoms with Gasteiger partial charge in [0.05, 0.1) is 4.90 Å². The standard InChI is InChI=1S/C15H24N2O3S/c1-10(2)14(11(3)4)9-17-15(18)12-6-5-7-13(8-12)21(16,19)20/h5-8,10-11,14H,9H2,1-4H3,(H,17,18)(H2,16,19,20). The molecule has 0 atom stereocenters. The Morgan fingerprint density at radius 2 is 1.76 bits per heavy atom. The Morgan fingerprint density at radius 3 is 2.24 bits per heavy atom. The fourth-order valence-corrected chi connectivity index (χ4v) is 2.93. The lowest BCUT2D eigenvalue weighted by molar-refractivity contribution is 0.0937. The highest BCUT2D eigenvalue weighted by atomic mass is 32.2. The van der Waals surface area contributed by atoms with Crippen molar-refractivity contribution in [3.8, 4) is 0 Å². The first-order valence-electron chi connectivity index (χ1n) is 7.04. The SMILES string of the molecule is CC(C)C(CNC(=O)c1cccc(S(N)(=O)=O)c1)C(C)C. The van der Waals surface area contributed by atoms with Gasteiger partial charge >= 0.3 is 0 Å². The maximum absolute atomic E-state index is 12.1. The van der Waals surface area contributed by atoms with Crippen LogP contribution in [0.5, 0.6) is 0 Å². The molecule has 0 fully saturated rings. The highest BCUT2D eigenvalue weighted by Crippen LogP contribution is 2.19. The van der Waals surface area contributed by atoms with Crippen LogP contribution in [-0.2, 0) is 10.0 Å². The van der Waals surface area contributed by atoms with Crippen LogP contribution < -0.4 is 10.5 Å². The van der Waals surface area contributed by atoms with Crippen molar-refractivity contribution < 1.29 is 13.2 Å². The van der Waals surface area contributed by atoms with Gasteiger partial charge in [0.15, 0.2) is 0 Å². The number of amides is 1. The average molecular weight is 312 g/mol. The second-order valence-corrected chi connectivity index (χ2v) is 7.50. The van der Waals surface area contributed by atoms with E-state index in [0.29, 0.717) is 29.9 Å². The molecule has 1 amide bonds. The topological polar surface area (TPSA) is 89.3 Å². The molecule has 5 nitrogen and oxygen atoms in total. The number of hydrogen-bond donors (Lipinski definition) is 2. The number of nitrogens with one attached hydrogen (secondary N) is 1. The van der Waals surface area contributed by atoms with Crippen LogP contribution in [0, 0.1) is 17.8 Å². The summed E-state index contributed by atoms with van der Waals surface area (Å²) >= 11 is 0. The zero-order valence-electron chi connectivity index (χ0n) is 13.0. The molecule has 1 aromatic carbocycles. The Balaban J connectivity index is 2.81. The number of hydrogen-bond acceptors (Lipinski definition) is 3. The fraction of sp³-hybridized carbons (Fsp3) is 0.533. The number of rotatable bonds is 6. The molecular weight excluding hydrogens is 288 g/mol. The van der Waals surface area contributed by atoms with E-state index in [4.69, 9.17) is 5.14 Å². The van der Waals surface area contributed by atoms with Gasteiger partial charge in [0.25, 0.3) is 5.91 Å². The van der Waals surface area contributed by atoms with E-state index < -0.39 is 10.0 Å². The number of benzene rings is 1. The van der Waals surface area contributed by atoms with E-state index in [1.807, 2.05) is 0 Å². The van der Waals surface area contributed by atoms with Crippen LogP contribution in [0.1, 0.15) is 38.1 Å². The lowest BCUT2D eigenvalue weighted by atomic mass is 9.85. The first-order valence-corrected chi connectivity index (χ1v) is 8.58. The first kappa shape index (κ1) is 17.7. The van der Waals surface area contributed by atoms with E-state index in [-0.39, 0.29) is 10.8 Å². The van der Waals surface area contributed by atoms with Crippen LogP contribution in [0.15, 0.2) is 29.2 Å². The van der Waals surface area contributed by atoms with Crippen LogP contribution in [0.3, 0.4) is 0 Å². The third-order valence-corrected chi connectivity index (χ3v) is 4.55. The normalized spacial score (nSPS) is 12.2. The number of carbonyl (C=O) groups excluding carboxylic acids is 1. The summed E-state index contributed by atoms with van der Waals surface area (Å²) in [7, 11) is -3.80. The highest BCUT2D eigenvalue weighted by molar-refractivity contribution is 7.89. The summed E-state index contributed by atoms with van der Waals surface area (Å²) in [6, 6.07) is 5.75. The molecule has 0 heterocycles. The van der Waals surface area contributed by atoms with E-state index in [1.54, 1.807) is 6.07 Å². The lowest BCUT2D eigenvalue weighted by Gasteiger charge is -2.25. The van der Waals surface area contributed by atoms with Gasteiger partial charge in [-0.1, -0.05) is 33.8 Å². The minimum atomic E-state index is -3.80. The zero-order chi connectivity index (χ0) is 16.2. The molecule has 0 aliphatic carbocycles. The molecule has 0 saturated heterocycles. The van der Waals surface area contributed by atoms with Crippen molar-refractivity contribution >= 4 is 15.9 Å². The van der Waals surface area contributed by atoms with Crippen LogP contribution in [0.25, 0.3) is 0 Å². The second-order valence-electron chi connectivity index (χ2n) is 5.93. The molecule has 0 spiro atoms. The van der Waals surface area contributed by atoms with E-state index in [2.05, 4.69) is 33.0 Å². The second kappa shape index (κ2) is 7.04. The van der Waals surface area contributed by atoms with E-state index >= 15 is 0 Å². The summed E-state index contributed by atoms with van der Waals surface area (Å²) in [6.07, 6.45) is 0. The van der Waals surface area contributed by atoms with Crippen LogP contribution in [0.2, 0.25) is 0 Å². The zero-order valence-corrected chi connectivity index (χ0v) is 13.8. The van der Waals surface area contributed by atoms with E-state index in [0.717, 1.165) is 0 Å². The van der Waals surface area contributed by atoms with Crippen LogP contribution in [-0.4, -0.2) is 20.9 Å². The van der Waals surface area contributed by atoms with Crippen molar-refractivity contribution in [3.05, 3.63) is 29.8 Å². The predicted molar refractivity (Wildman–Crippen MR) is 83.3 cm³/mol.